The zero-order valence-corrected chi connectivity index (χ0v) is 17.2. The van der Waals surface area contributed by atoms with Gasteiger partial charge in [0.05, 0.1) is 5.92 Å². The van der Waals surface area contributed by atoms with E-state index in [1.807, 2.05) is 23.1 Å². The van der Waals surface area contributed by atoms with E-state index in [0.717, 1.165) is 51.3 Å². The molecule has 1 aromatic rings. The molecular weight excluding hydrogens is 352 g/mol. The third-order valence-corrected chi connectivity index (χ3v) is 6.03. The van der Waals surface area contributed by atoms with Crippen molar-refractivity contribution in [3.05, 3.63) is 29.8 Å². The molecule has 2 atom stereocenters. The van der Waals surface area contributed by atoms with Gasteiger partial charge in [0.15, 0.2) is 0 Å². The zero-order valence-electron chi connectivity index (χ0n) is 17.2. The summed E-state index contributed by atoms with van der Waals surface area (Å²) < 4.78 is 0. The van der Waals surface area contributed by atoms with Crippen molar-refractivity contribution in [1.29, 1.82) is 0 Å². The Morgan fingerprint density at radius 3 is 2.79 bits per heavy atom. The molecule has 2 N–H and O–H groups in total. The van der Waals surface area contributed by atoms with E-state index in [0.29, 0.717) is 25.4 Å². The van der Waals surface area contributed by atoms with Crippen LogP contribution in [0.3, 0.4) is 0 Å². The Labute approximate surface area is 168 Å². The Morgan fingerprint density at radius 2 is 2.04 bits per heavy atom. The van der Waals surface area contributed by atoms with Gasteiger partial charge >= 0.3 is 0 Å². The zero-order chi connectivity index (χ0) is 19.9. The maximum absolute atomic E-state index is 12.6. The predicted molar refractivity (Wildman–Crippen MR) is 113 cm³/mol. The Hall–Kier alpha value is -1.92. The van der Waals surface area contributed by atoms with Gasteiger partial charge in [-0.25, -0.2) is 0 Å². The summed E-state index contributed by atoms with van der Waals surface area (Å²) in [6.45, 7) is 10.8. The molecule has 2 heterocycles. The fraction of sp³-hybridized carbons (Fsp3) is 0.636. The highest BCUT2D eigenvalue weighted by molar-refractivity contribution is 6.00. The van der Waals surface area contributed by atoms with Crippen LogP contribution in [0.25, 0.3) is 0 Å². The number of benzene rings is 1. The molecule has 1 aromatic carbocycles. The van der Waals surface area contributed by atoms with Crippen molar-refractivity contribution >= 4 is 17.5 Å². The smallest absolute Gasteiger partial charge is 0.227 e. The van der Waals surface area contributed by atoms with Crippen LogP contribution < -0.4 is 15.5 Å². The number of nitrogens with one attached hydrogen (secondary N) is 2. The highest BCUT2D eigenvalue weighted by Gasteiger charge is 2.36. The van der Waals surface area contributed by atoms with Crippen LogP contribution in [0.5, 0.6) is 0 Å². The second kappa shape index (κ2) is 10.0. The van der Waals surface area contributed by atoms with Gasteiger partial charge in [-0.05, 0) is 36.9 Å². The average molecular weight is 387 g/mol. The quantitative estimate of drug-likeness (QED) is 0.671. The molecule has 2 amide bonds. The Bertz CT molecular complexity index is 672. The molecule has 2 unspecified atom stereocenters. The molecule has 0 saturated carbocycles. The van der Waals surface area contributed by atoms with E-state index in [2.05, 4.69) is 35.4 Å². The first-order chi connectivity index (χ1) is 13.6. The van der Waals surface area contributed by atoms with Gasteiger partial charge in [-0.3, -0.25) is 9.59 Å². The van der Waals surface area contributed by atoms with Gasteiger partial charge < -0.3 is 20.4 Å². The summed E-state index contributed by atoms with van der Waals surface area (Å²) in [5, 5.41) is 6.39. The highest BCUT2D eigenvalue weighted by Crippen LogP contribution is 2.33. The standard InChI is InChI=1S/C22H34N4O2/c1-3-17(2)19-7-4-5-8-20(19)26-16-18(15-21(26)27)22(28)24-9-6-12-25-13-10-23-11-14-25/h4-5,7-8,17-18,23H,3,6,9-16H2,1-2H3,(H,24,28). The molecule has 2 aliphatic rings. The molecule has 2 saturated heterocycles. The summed E-state index contributed by atoms with van der Waals surface area (Å²) in [5.41, 5.74) is 2.16. The summed E-state index contributed by atoms with van der Waals surface area (Å²) in [4.78, 5) is 29.4. The number of hydrogen-bond donors (Lipinski definition) is 2. The van der Waals surface area contributed by atoms with Gasteiger partial charge in [-0.15, -0.1) is 0 Å². The molecule has 0 aliphatic carbocycles. The molecular formula is C22H34N4O2. The third kappa shape index (κ3) is 5.11. The van der Waals surface area contributed by atoms with Gasteiger partial charge in [0.2, 0.25) is 11.8 Å². The lowest BCUT2D eigenvalue weighted by Crippen LogP contribution is -2.44. The van der Waals surface area contributed by atoms with Gasteiger partial charge in [-0.1, -0.05) is 32.0 Å². The minimum Gasteiger partial charge on any atom is -0.356 e. The lowest BCUT2D eigenvalue weighted by atomic mass is 9.96. The van der Waals surface area contributed by atoms with Crippen molar-refractivity contribution in [1.82, 2.24) is 15.5 Å². The van der Waals surface area contributed by atoms with E-state index >= 15 is 0 Å². The van der Waals surface area contributed by atoms with Crippen molar-refractivity contribution in [2.75, 3.05) is 50.7 Å². The molecule has 2 fully saturated rings. The highest BCUT2D eigenvalue weighted by atomic mass is 16.2. The number of para-hydroxylation sites is 1. The van der Waals surface area contributed by atoms with Crippen molar-refractivity contribution < 1.29 is 9.59 Å². The minimum absolute atomic E-state index is 0.0113. The van der Waals surface area contributed by atoms with E-state index in [-0.39, 0.29) is 17.7 Å². The van der Waals surface area contributed by atoms with Gasteiger partial charge in [-0.2, -0.15) is 0 Å². The predicted octanol–water partition coefficient (Wildman–Crippen LogP) is 1.96. The number of piperazine rings is 1. The normalized spacial score (nSPS) is 21.7. The van der Waals surface area contributed by atoms with E-state index in [4.69, 9.17) is 0 Å². The van der Waals surface area contributed by atoms with Gasteiger partial charge in [0.25, 0.3) is 0 Å². The molecule has 28 heavy (non-hydrogen) atoms. The number of rotatable bonds is 8. The maximum Gasteiger partial charge on any atom is 0.227 e. The Kier molecular flexibility index (Phi) is 7.45. The van der Waals surface area contributed by atoms with Crippen LogP contribution in [0.1, 0.15) is 44.6 Å². The molecule has 0 radical (unpaired) electrons. The molecule has 0 spiro atoms. The number of carbonyl (C=O) groups excluding carboxylic acids is 2. The second-order valence-corrected chi connectivity index (χ2v) is 8.01. The molecule has 3 rings (SSSR count). The Balaban J connectivity index is 1.50. The monoisotopic (exact) mass is 386 g/mol. The molecule has 0 aromatic heterocycles. The van der Waals surface area contributed by atoms with E-state index in [1.54, 1.807) is 0 Å². The lowest BCUT2D eigenvalue weighted by molar-refractivity contribution is -0.126. The SMILES string of the molecule is CCC(C)c1ccccc1N1CC(C(=O)NCCCN2CCNCC2)CC1=O. The first kappa shape index (κ1) is 20.8. The number of carbonyl (C=O) groups is 2. The van der Waals surface area contributed by atoms with E-state index in [1.165, 1.54) is 5.56 Å². The first-order valence-electron chi connectivity index (χ1n) is 10.7. The topological polar surface area (TPSA) is 64.7 Å². The fourth-order valence-corrected chi connectivity index (χ4v) is 4.08. The number of nitrogens with zero attached hydrogens (tertiary/aromatic N) is 2. The first-order valence-corrected chi connectivity index (χ1v) is 10.7. The number of amides is 2. The molecule has 0 bridgehead atoms. The van der Waals surface area contributed by atoms with Crippen LogP contribution in [0, 0.1) is 5.92 Å². The Morgan fingerprint density at radius 1 is 1.29 bits per heavy atom. The van der Waals surface area contributed by atoms with Crippen molar-refractivity contribution in [2.24, 2.45) is 5.92 Å². The maximum atomic E-state index is 12.6. The molecule has 2 aliphatic heterocycles. The number of anilines is 1. The molecule has 6 nitrogen and oxygen atoms in total. The third-order valence-electron chi connectivity index (χ3n) is 6.03. The lowest BCUT2D eigenvalue weighted by Gasteiger charge is -2.27. The van der Waals surface area contributed by atoms with Crippen LogP contribution in [0.4, 0.5) is 5.69 Å². The average Bonchev–Trinajstić information content (AvgIpc) is 3.13. The van der Waals surface area contributed by atoms with E-state index < -0.39 is 0 Å². The molecule has 154 valence electrons. The fourth-order valence-electron chi connectivity index (χ4n) is 4.08. The summed E-state index contributed by atoms with van der Waals surface area (Å²) >= 11 is 0. The van der Waals surface area contributed by atoms with Crippen LogP contribution >= 0.6 is 0 Å². The van der Waals surface area contributed by atoms with Crippen molar-refractivity contribution in [3.8, 4) is 0 Å². The summed E-state index contributed by atoms with van der Waals surface area (Å²) in [5.74, 6) is 0.201. The number of hydrogen-bond acceptors (Lipinski definition) is 4. The van der Waals surface area contributed by atoms with Crippen LogP contribution in [0.15, 0.2) is 24.3 Å². The summed E-state index contributed by atoms with van der Waals surface area (Å²) in [6, 6.07) is 8.10. The van der Waals surface area contributed by atoms with Crippen LogP contribution in [-0.4, -0.2) is 62.5 Å². The minimum atomic E-state index is -0.253. The second-order valence-electron chi connectivity index (χ2n) is 8.01. The summed E-state index contributed by atoms with van der Waals surface area (Å²) in [7, 11) is 0. The van der Waals surface area contributed by atoms with Gasteiger partial charge in [0.1, 0.15) is 0 Å². The van der Waals surface area contributed by atoms with Crippen molar-refractivity contribution in [3.63, 3.8) is 0 Å². The van der Waals surface area contributed by atoms with Gasteiger partial charge in [0, 0.05) is 51.4 Å². The van der Waals surface area contributed by atoms with E-state index in [9.17, 15) is 9.59 Å². The largest absolute Gasteiger partial charge is 0.356 e. The van der Waals surface area contributed by atoms with Crippen LogP contribution in [0.2, 0.25) is 0 Å². The van der Waals surface area contributed by atoms with Crippen molar-refractivity contribution in [2.45, 2.75) is 39.0 Å². The van der Waals surface area contributed by atoms with Crippen LogP contribution in [-0.2, 0) is 9.59 Å². The molecule has 6 heteroatoms. The summed E-state index contributed by atoms with van der Waals surface area (Å²) in [6.07, 6.45) is 2.28.